The number of amides is 1. The molecule has 0 aromatic carbocycles. The molecule has 1 saturated carbocycles. The molecule has 0 aliphatic heterocycles. The Morgan fingerprint density at radius 2 is 2.36 bits per heavy atom. The maximum Gasteiger partial charge on any atom is 0.236 e. The fourth-order valence-electron chi connectivity index (χ4n) is 1.80. The Bertz CT molecular complexity index is 197. The molecule has 4 N–H and O–H groups in total. The first kappa shape index (κ1) is 11.5. The molecule has 1 amide bonds. The maximum absolute atomic E-state index is 11.3. The predicted octanol–water partition coefficient (Wildman–Crippen LogP) is 0.000900. The lowest BCUT2D eigenvalue weighted by molar-refractivity contribution is -0.122. The van der Waals surface area contributed by atoms with Crippen molar-refractivity contribution in [2.45, 2.75) is 44.8 Å². The van der Waals surface area contributed by atoms with Crippen LogP contribution in [0.25, 0.3) is 0 Å². The van der Waals surface area contributed by atoms with Gasteiger partial charge in [0.15, 0.2) is 0 Å². The van der Waals surface area contributed by atoms with E-state index >= 15 is 0 Å². The molecule has 0 radical (unpaired) electrons. The van der Waals surface area contributed by atoms with Gasteiger partial charge < -0.3 is 16.2 Å². The van der Waals surface area contributed by atoms with Crippen molar-refractivity contribution in [2.75, 3.05) is 6.54 Å². The summed E-state index contributed by atoms with van der Waals surface area (Å²) in [6, 6.07) is -0.409. The van der Waals surface area contributed by atoms with Crippen molar-refractivity contribution in [3.05, 3.63) is 0 Å². The van der Waals surface area contributed by atoms with Gasteiger partial charge in [-0.15, -0.1) is 0 Å². The van der Waals surface area contributed by atoms with Crippen molar-refractivity contribution >= 4 is 5.91 Å². The zero-order chi connectivity index (χ0) is 10.6. The minimum absolute atomic E-state index is 0.105. The number of nitrogens with one attached hydrogen (secondary N) is 1. The Hall–Kier alpha value is -0.610. The second kappa shape index (κ2) is 5.32. The van der Waals surface area contributed by atoms with Crippen LogP contribution < -0.4 is 11.1 Å². The van der Waals surface area contributed by atoms with E-state index in [-0.39, 0.29) is 17.9 Å². The summed E-state index contributed by atoms with van der Waals surface area (Å²) in [4.78, 5) is 11.3. The van der Waals surface area contributed by atoms with E-state index in [0.29, 0.717) is 13.0 Å². The van der Waals surface area contributed by atoms with E-state index in [2.05, 4.69) is 5.32 Å². The third kappa shape index (κ3) is 2.96. The second-order valence-electron chi connectivity index (χ2n) is 4.02. The highest BCUT2D eigenvalue weighted by Crippen LogP contribution is 2.24. The average Bonchev–Trinajstić information content (AvgIpc) is 2.59. The SMILES string of the molecule is CCC(N)C(=O)NCC1CCCC1O. The Morgan fingerprint density at radius 1 is 1.64 bits per heavy atom. The molecule has 0 heterocycles. The van der Waals surface area contributed by atoms with Crippen LogP contribution >= 0.6 is 0 Å². The van der Waals surface area contributed by atoms with Gasteiger partial charge in [0.1, 0.15) is 0 Å². The first-order valence-corrected chi connectivity index (χ1v) is 5.36. The van der Waals surface area contributed by atoms with E-state index in [0.717, 1.165) is 19.3 Å². The Balaban J connectivity index is 2.22. The van der Waals surface area contributed by atoms with Gasteiger partial charge in [-0.1, -0.05) is 13.3 Å². The summed E-state index contributed by atoms with van der Waals surface area (Å²) in [5, 5.41) is 12.3. The molecular weight excluding hydrogens is 180 g/mol. The largest absolute Gasteiger partial charge is 0.393 e. The number of carbonyl (C=O) groups excluding carboxylic acids is 1. The molecule has 4 heteroatoms. The third-order valence-corrected chi connectivity index (χ3v) is 2.93. The summed E-state index contributed by atoms with van der Waals surface area (Å²) in [6.07, 6.45) is 3.33. The van der Waals surface area contributed by atoms with Crippen LogP contribution in [0.3, 0.4) is 0 Å². The molecule has 0 saturated heterocycles. The quantitative estimate of drug-likeness (QED) is 0.598. The van der Waals surface area contributed by atoms with Crippen LogP contribution in [0.1, 0.15) is 32.6 Å². The van der Waals surface area contributed by atoms with Gasteiger partial charge in [-0.2, -0.15) is 0 Å². The highest BCUT2D eigenvalue weighted by molar-refractivity contribution is 5.81. The smallest absolute Gasteiger partial charge is 0.236 e. The lowest BCUT2D eigenvalue weighted by Gasteiger charge is -2.16. The van der Waals surface area contributed by atoms with Crippen molar-refractivity contribution in [3.63, 3.8) is 0 Å². The van der Waals surface area contributed by atoms with Crippen LogP contribution in [0.2, 0.25) is 0 Å². The van der Waals surface area contributed by atoms with Gasteiger partial charge in [0.05, 0.1) is 12.1 Å². The van der Waals surface area contributed by atoms with Crippen LogP contribution in [0.5, 0.6) is 0 Å². The van der Waals surface area contributed by atoms with Crippen LogP contribution in [0, 0.1) is 5.92 Å². The lowest BCUT2D eigenvalue weighted by Crippen LogP contribution is -2.42. The number of hydrogen-bond acceptors (Lipinski definition) is 3. The Labute approximate surface area is 84.9 Å². The van der Waals surface area contributed by atoms with Gasteiger partial charge in [-0.3, -0.25) is 4.79 Å². The van der Waals surface area contributed by atoms with Crippen LogP contribution in [0.4, 0.5) is 0 Å². The molecule has 3 atom stereocenters. The zero-order valence-corrected chi connectivity index (χ0v) is 8.70. The highest BCUT2D eigenvalue weighted by Gasteiger charge is 2.25. The van der Waals surface area contributed by atoms with Gasteiger partial charge in [0.2, 0.25) is 5.91 Å². The van der Waals surface area contributed by atoms with E-state index in [1.54, 1.807) is 0 Å². The number of nitrogens with two attached hydrogens (primary N) is 1. The van der Waals surface area contributed by atoms with Gasteiger partial charge >= 0.3 is 0 Å². The number of rotatable bonds is 4. The fourth-order valence-corrected chi connectivity index (χ4v) is 1.80. The van der Waals surface area contributed by atoms with Crippen LogP contribution in [-0.2, 0) is 4.79 Å². The third-order valence-electron chi connectivity index (χ3n) is 2.93. The molecule has 1 rings (SSSR count). The van der Waals surface area contributed by atoms with E-state index < -0.39 is 6.04 Å². The molecule has 0 aromatic rings. The van der Waals surface area contributed by atoms with Crippen molar-refractivity contribution in [3.8, 4) is 0 Å². The molecule has 4 nitrogen and oxygen atoms in total. The van der Waals surface area contributed by atoms with Crippen molar-refractivity contribution in [1.82, 2.24) is 5.32 Å². The fraction of sp³-hybridized carbons (Fsp3) is 0.900. The van der Waals surface area contributed by atoms with Gasteiger partial charge in [-0.25, -0.2) is 0 Å². The monoisotopic (exact) mass is 200 g/mol. The number of aliphatic hydroxyl groups is 1. The number of aliphatic hydroxyl groups excluding tert-OH is 1. The average molecular weight is 200 g/mol. The molecule has 3 unspecified atom stereocenters. The first-order chi connectivity index (χ1) is 6.65. The predicted molar refractivity (Wildman–Crippen MR) is 54.6 cm³/mol. The molecule has 1 aliphatic rings. The molecule has 0 bridgehead atoms. The molecule has 0 aromatic heterocycles. The summed E-state index contributed by atoms with van der Waals surface area (Å²) in [5.41, 5.74) is 5.56. The van der Waals surface area contributed by atoms with Crippen LogP contribution in [0.15, 0.2) is 0 Å². The summed E-state index contributed by atoms with van der Waals surface area (Å²) in [6.45, 7) is 2.45. The van der Waals surface area contributed by atoms with Crippen molar-refractivity contribution in [2.24, 2.45) is 11.7 Å². The molecule has 14 heavy (non-hydrogen) atoms. The van der Waals surface area contributed by atoms with E-state index in [9.17, 15) is 9.90 Å². The first-order valence-electron chi connectivity index (χ1n) is 5.36. The molecule has 82 valence electrons. The standard InChI is InChI=1S/C10H20N2O2/c1-2-8(11)10(14)12-6-7-4-3-5-9(7)13/h7-9,13H,2-6,11H2,1H3,(H,12,14). The summed E-state index contributed by atoms with van der Waals surface area (Å²) >= 11 is 0. The van der Waals surface area contributed by atoms with Gasteiger partial charge in [0, 0.05) is 12.5 Å². The van der Waals surface area contributed by atoms with Crippen molar-refractivity contribution in [1.29, 1.82) is 0 Å². The number of carbonyl (C=O) groups is 1. The maximum atomic E-state index is 11.3. The van der Waals surface area contributed by atoms with Crippen molar-refractivity contribution < 1.29 is 9.90 Å². The molecule has 1 fully saturated rings. The van der Waals surface area contributed by atoms with Gasteiger partial charge in [-0.05, 0) is 19.3 Å². The topological polar surface area (TPSA) is 75.4 Å². The van der Waals surface area contributed by atoms with Crippen LogP contribution in [-0.4, -0.2) is 29.7 Å². The second-order valence-corrected chi connectivity index (χ2v) is 4.02. The lowest BCUT2D eigenvalue weighted by atomic mass is 10.1. The normalized spacial score (nSPS) is 28.8. The van der Waals surface area contributed by atoms with E-state index in [1.807, 2.05) is 6.92 Å². The summed E-state index contributed by atoms with van der Waals surface area (Å²) in [7, 11) is 0. The molecule has 0 spiro atoms. The zero-order valence-electron chi connectivity index (χ0n) is 8.70. The minimum Gasteiger partial charge on any atom is -0.393 e. The summed E-state index contributed by atoms with van der Waals surface area (Å²) in [5.74, 6) is 0.120. The minimum atomic E-state index is -0.409. The highest BCUT2D eigenvalue weighted by atomic mass is 16.3. The summed E-state index contributed by atoms with van der Waals surface area (Å²) < 4.78 is 0. The Morgan fingerprint density at radius 3 is 2.86 bits per heavy atom. The van der Waals surface area contributed by atoms with E-state index in [4.69, 9.17) is 5.73 Å². The van der Waals surface area contributed by atoms with E-state index in [1.165, 1.54) is 0 Å². The molecular formula is C10H20N2O2. The molecule has 1 aliphatic carbocycles. The van der Waals surface area contributed by atoms with Gasteiger partial charge in [0.25, 0.3) is 0 Å². The Kier molecular flexibility index (Phi) is 4.35. The number of hydrogen-bond donors (Lipinski definition) is 3.